The second-order valence-corrected chi connectivity index (χ2v) is 24.7. The van der Waals surface area contributed by atoms with Gasteiger partial charge in [0.25, 0.3) is 0 Å². The van der Waals surface area contributed by atoms with Crippen molar-refractivity contribution in [1.29, 1.82) is 0 Å². The van der Waals surface area contributed by atoms with Crippen LogP contribution >= 0.6 is 0 Å². The van der Waals surface area contributed by atoms with Crippen molar-refractivity contribution in [2.45, 2.75) is 376 Å². The van der Waals surface area contributed by atoms with Gasteiger partial charge in [0.1, 0.15) is 48.8 Å². The van der Waals surface area contributed by atoms with Crippen LogP contribution in [0.5, 0.6) is 0 Å². The quantitative estimate of drug-likeness (QED) is 0.0204. The number of carbonyl (C=O) groups excluding carboxylic acids is 1. The van der Waals surface area contributed by atoms with Crippen molar-refractivity contribution in [3.8, 4) is 0 Å². The fourth-order valence-corrected chi connectivity index (χ4v) is 11.5. The lowest BCUT2D eigenvalue weighted by Crippen LogP contribution is -2.65. The second kappa shape index (κ2) is 54.4. The standard InChI is InChI=1S/C69H129NO13/c1-3-5-7-9-11-13-15-17-19-21-22-23-24-25-26-27-28-29-30-31-32-33-34-35-36-37-39-41-43-45-47-49-51-53-61(74)70-57(58(73)52-50-48-46-44-42-40-38-20-18-16-14-12-10-8-6-4-2)56-80-68-66(79)64(77)67(60(55-72)82-68)83-69-65(78)63(76)62(75)59(54-71)81-69/h15,17,21-22,50,52,57-60,62-69,71-73,75-79H,3-14,16,18-20,23-49,51,53-56H2,1-2H3,(H,70,74)/b17-15-,22-21-,52-50+. The highest BCUT2D eigenvalue weighted by Gasteiger charge is 2.51. The zero-order chi connectivity index (χ0) is 60.2. The number of aliphatic hydroxyl groups excluding tert-OH is 8. The minimum absolute atomic E-state index is 0.234. The summed E-state index contributed by atoms with van der Waals surface area (Å²) in [5.41, 5.74) is 0. The van der Waals surface area contributed by atoms with Crippen LogP contribution in [0.15, 0.2) is 36.5 Å². The molecule has 2 rings (SSSR count). The maximum absolute atomic E-state index is 13.3. The van der Waals surface area contributed by atoms with Crippen molar-refractivity contribution >= 4 is 5.91 Å². The Labute approximate surface area is 506 Å². The van der Waals surface area contributed by atoms with E-state index in [0.717, 1.165) is 44.9 Å². The molecule has 14 nitrogen and oxygen atoms in total. The molecule has 0 aromatic carbocycles. The van der Waals surface area contributed by atoms with Crippen LogP contribution < -0.4 is 5.32 Å². The molecule has 488 valence electrons. The molecule has 2 fully saturated rings. The number of allylic oxidation sites excluding steroid dienone is 5. The van der Waals surface area contributed by atoms with E-state index in [-0.39, 0.29) is 18.9 Å². The zero-order valence-corrected chi connectivity index (χ0v) is 53.0. The van der Waals surface area contributed by atoms with Gasteiger partial charge in [-0.3, -0.25) is 4.79 Å². The number of rotatable bonds is 57. The molecule has 2 aliphatic rings. The molecule has 0 aromatic rings. The summed E-state index contributed by atoms with van der Waals surface area (Å²) in [6.07, 6.45) is 52.1. The molecule has 0 spiro atoms. The molecule has 0 aliphatic carbocycles. The van der Waals surface area contributed by atoms with Crippen LogP contribution in [0.1, 0.15) is 303 Å². The Bertz CT molecular complexity index is 1530. The highest BCUT2D eigenvalue weighted by Crippen LogP contribution is 2.30. The van der Waals surface area contributed by atoms with E-state index in [9.17, 15) is 45.6 Å². The molecule has 12 unspecified atom stereocenters. The van der Waals surface area contributed by atoms with Crippen molar-refractivity contribution in [2.24, 2.45) is 0 Å². The van der Waals surface area contributed by atoms with Crippen LogP contribution in [-0.4, -0.2) is 140 Å². The number of amides is 1. The molecule has 83 heavy (non-hydrogen) atoms. The topological polar surface area (TPSA) is 228 Å². The normalized spacial score (nSPS) is 24.0. The first-order chi connectivity index (χ1) is 40.6. The van der Waals surface area contributed by atoms with Crippen molar-refractivity contribution in [3.63, 3.8) is 0 Å². The van der Waals surface area contributed by atoms with E-state index in [0.29, 0.717) is 6.42 Å². The Kier molecular flexibility index (Phi) is 50.6. The average Bonchev–Trinajstić information content (AvgIpc) is 3.63. The summed E-state index contributed by atoms with van der Waals surface area (Å²) in [7, 11) is 0. The Morgan fingerprint density at radius 1 is 0.434 bits per heavy atom. The van der Waals surface area contributed by atoms with Crippen LogP contribution in [0.25, 0.3) is 0 Å². The lowest BCUT2D eigenvalue weighted by atomic mass is 9.97. The third-order valence-corrected chi connectivity index (χ3v) is 17.1. The van der Waals surface area contributed by atoms with E-state index < -0.39 is 86.8 Å². The summed E-state index contributed by atoms with van der Waals surface area (Å²) in [6.45, 7) is 2.82. The van der Waals surface area contributed by atoms with Crippen LogP contribution in [0, 0.1) is 0 Å². The molecule has 0 saturated carbocycles. The summed E-state index contributed by atoms with van der Waals surface area (Å²) in [5.74, 6) is -0.234. The zero-order valence-electron chi connectivity index (χ0n) is 53.0. The number of carbonyl (C=O) groups is 1. The Balaban J connectivity index is 1.62. The molecule has 2 heterocycles. The summed E-state index contributed by atoms with van der Waals surface area (Å²) < 4.78 is 22.8. The molecule has 2 saturated heterocycles. The molecule has 0 bridgehead atoms. The van der Waals surface area contributed by atoms with Gasteiger partial charge in [-0.05, 0) is 51.4 Å². The highest BCUT2D eigenvalue weighted by atomic mass is 16.7. The number of hydrogen-bond acceptors (Lipinski definition) is 13. The van der Waals surface area contributed by atoms with Gasteiger partial charge in [-0.15, -0.1) is 0 Å². The number of aliphatic hydroxyl groups is 8. The Morgan fingerprint density at radius 2 is 0.795 bits per heavy atom. The smallest absolute Gasteiger partial charge is 0.220 e. The van der Waals surface area contributed by atoms with Gasteiger partial charge in [0.2, 0.25) is 5.91 Å². The minimum Gasteiger partial charge on any atom is -0.394 e. The molecule has 0 radical (unpaired) electrons. The average molecular weight is 1180 g/mol. The van der Waals surface area contributed by atoms with Gasteiger partial charge in [0.05, 0.1) is 32.0 Å². The fourth-order valence-electron chi connectivity index (χ4n) is 11.5. The van der Waals surface area contributed by atoms with Gasteiger partial charge in [-0.2, -0.15) is 0 Å². The fraction of sp³-hybridized carbons (Fsp3) is 0.899. The van der Waals surface area contributed by atoms with Gasteiger partial charge >= 0.3 is 0 Å². The molecule has 0 aromatic heterocycles. The summed E-state index contributed by atoms with van der Waals surface area (Å²) in [4.78, 5) is 13.3. The molecule has 14 heteroatoms. The van der Waals surface area contributed by atoms with Gasteiger partial charge < -0.3 is 65.1 Å². The maximum Gasteiger partial charge on any atom is 0.220 e. The van der Waals surface area contributed by atoms with E-state index in [1.54, 1.807) is 6.08 Å². The number of nitrogens with one attached hydrogen (secondary N) is 1. The third-order valence-electron chi connectivity index (χ3n) is 17.1. The molecule has 2 aliphatic heterocycles. The highest BCUT2D eigenvalue weighted by molar-refractivity contribution is 5.76. The summed E-state index contributed by atoms with van der Waals surface area (Å²) in [5, 5.41) is 87.3. The van der Waals surface area contributed by atoms with Gasteiger partial charge in [-0.25, -0.2) is 0 Å². The lowest BCUT2D eigenvalue weighted by Gasteiger charge is -2.46. The number of unbranched alkanes of at least 4 members (excludes halogenated alkanes) is 40. The third kappa shape index (κ3) is 39.0. The largest absolute Gasteiger partial charge is 0.394 e. The van der Waals surface area contributed by atoms with Crippen molar-refractivity contribution in [1.82, 2.24) is 5.32 Å². The van der Waals surface area contributed by atoms with Crippen LogP contribution in [-0.2, 0) is 23.7 Å². The Morgan fingerprint density at radius 3 is 1.20 bits per heavy atom. The maximum atomic E-state index is 13.3. The molecule has 12 atom stereocenters. The molecular weight excluding hydrogens is 1050 g/mol. The van der Waals surface area contributed by atoms with Crippen molar-refractivity contribution in [2.75, 3.05) is 19.8 Å². The first kappa shape index (κ1) is 77.3. The van der Waals surface area contributed by atoms with E-state index in [1.165, 1.54) is 231 Å². The van der Waals surface area contributed by atoms with Gasteiger partial charge in [-0.1, -0.05) is 281 Å². The lowest BCUT2D eigenvalue weighted by molar-refractivity contribution is -0.359. The summed E-state index contributed by atoms with van der Waals surface area (Å²) in [6, 6.07) is -0.913. The first-order valence-corrected chi connectivity index (χ1v) is 34.7. The van der Waals surface area contributed by atoms with Crippen molar-refractivity contribution in [3.05, 3.63) is 36.5 Å². The van der Waals surface area contributed by atoms with Gasteiger partial charge in [0.15, 0.2) is 12.6 Å². The predicted molar refractivity (Wildman–Crippen MR) is 337 cm³/mol. The Hall–Kier alpha value is -1.79. The van der Waals surface area contributed by atoms with Crippen molar-refractivity contribution < 1.29 is 64.6 Å². The summed E-state index contributed by atoms with van der Waals surface area (Å²) >= 11 is 0. The SMILES string of the molecule is CCCCCCC/C=C\C/C=C\CCCCCCCCCCCCCCCCCCCCCCCC(=O)NC(COC1OC(CO)C(OC2OC(CO)C(O)C(O)C2O)C(O)C1O)C(O)/C=C/CCCCCCCCCCCCCCCC. The van der Waals surface area contributed by atoms with Crippen LogP contribution in [0.2, 0.25) is 0 Å². The first-order valence-electron chi connectivity index (χ1n) is 34.7. The van der Waals surface area contributed by atoms with E-state index >= 15 is 0 Å². The molecular formula is C69H129NO13. The molecule has 9 N–H and O–H groups in total. The van der Waals surface area contributed by atoms with E-state index in [1.807, 2.05) is 6.08 Å². The van der Waals surface area contributed by atoms with E-state index in [4.69, 9.17) is 18.9 Å². The second-order valence-electron chi connectivity index (χ2n) is 24.7. The van der Waals surface area contributed by atoms with Crippen LogP contribution in [0.4, 0.5) is 0 Å². The minimum atomic E-state index is -1.79. The molecule has 1 amide bonds. The number of ether oxygens (including phenoxy) is 4. The monoisotopic (exact) mass is 1180 g/mol. The van der Waals surface area contributed by atoms with Crippen LogP contribution in [0.3, 0.4) is 0 Å². The number of hydrogen-bond donors (Lipinski definition) is 9. The van der Waals surface area contributed by atoms with Gasteiger partial charge in [0, 0.05) is 6.42 Å². The predicted octanol–water partition coefficient (Wildman–Crippen LogP) is 13.7. The van der Waals surface area contributed by atoms with E-state index in [2.05, 4.69) is 43.5 Å².